The van der Waals surface area contributed by atoms with Crippen LogP contribution in [0, 0.1) is 18.7 Å². The van der Waals surface area contributed by atoms with E-state index in [1.54, 1.807) is 52.0 Å². The van der Waals surface area contributed by atoms with Crippen molar-refractivity contribution in [1.82, 2.24) is 38.7 Å². The van der Waals surface area contributed by atoms with Gasteiger partial charge in [-0.3, -0.25) is 9.78 Å². The molecular weight excluding hydrogens is 884 g/mol. The van der Waals surface area contributed by atoms with Gasteiger partial charge in [0.05, 0.1) is 41.1 Å². The van der Waals surface area contributed by atoms with Crippen LogP contribution in [0.1, 0.15) is 124 Å². The van der Waals surface area contributed by atoms with E-state index in [0.717, 1.165) is 64.9 Å². The van der Waals surface area contributed by atoms with E-state index in [0.29, 0.717) is 53.3 Å². The minimum atomic E-state index is -4.12. The van der Waals surface area contributed by atoms with E-state index < -0.39 is 39.1 Å². The van der Waals surface area contributed by atoms with Crippen molar-refractivity contribution in [3.63, 3.8) is 0 Å². The molecule has 2 aliphatic heterocycles. The number of methoxy groups -OCH3 is 1. The summed E-state index contributed by atoms with van der Waals surface area (Å²) in [5.74, 6) is -0.102. The summed E-state index contributed by atoms with van der Waals surface area (Å²) in [6.45, 7) is 10.8. The van der Waals surface area contributed by atoms with Crippen molar-refractivity contribution in [1.29, 1.82) is 0 Å². The molecule has 7 aromatic rings. The molecule has 3 aromatic carbocycles. The summed E-state index contributed by atoms with van der Waals surface area (Å²) in [4.78, 5) is 22.6. The molecule has 2 aliphatic rings. The van der Waals surface area contributed by atoms with Gasteiger partial charge < -0.3 is 14.2 Å². The first-order valence-electron chi connectivity index (χ1n) is 23.4. The van der Waals surface area contributed by atoms with Crippen LogP contribution in [0.5, 0.6) is 0 Å². The zero-order chi connectivity index (χ0) is 48.0. The van der Waals surface area contributed by atoms with Gasteiger partial charge in [-0.1, -0.05) is 80.8 Å². The monoisotopic (exact) mass is 942 g/mol. The van der Waals surface area contributed by atoms with Gasteiger partial charge in [0.2, 0.25) is 0 Å². The zero-order valence-electron chi connectivity index (χ0n) is 39.8. The highest BCUT2D eigenvalue weighted by Crippen LogP contribution is 2.42. The first-order valence-corrected chi connectivity index (χ1v) is 24.9. The Morgan fingerprint density at radius 1 is 1.00 bits per heavy atom. The third kappa shape index (κ3) is 9.13. The molecule has 14 nitrogen and oxygen atoms in total. The van der Waals surface area contributed by atoms with Crippen LogP contribution in [0.15, 0.2) is 96.3 Å². The van der Waals surface area contributed by atoms with E-state index in [1.165, 1.54) is 19.4 Å². The van der Waals surface area contributed by atoms with Crippen molar-refractivity contribution >= 4 is 26.9 Å². The molecule has 0 amide bonds. The highest BCUT2D eigenvalue weighted by molar-refractivity contribution is 7.90. The molecule has 356 valence electrons. The number of fused-ring (bicyclic) bond motifs is 10. The number of aromatic nitrogens is 8. The molecule has 4 atom stereocenters. The quantitative estimate of drug-likeness (QED) is 0.134. The second kappa shape index (κ2) is 18.8. The Morgan fingerprint density at radius 2 is 1.79 bits per heavy atom. The summed E-state index contributed by atoms with van der Waals surface area (Å²) in [6.07, 6.45) is 9.47. The molecule has 1 saturated heterocycles. The van der Waals surface area contributed by atoms with Gasteiger partial charge in [0.1, 0.15) is 17.6 Å². The van der Waals surface area contributed by atoms with Crippen LogP contribution < -0.4 is 0 Å². The smallest absolute Gasteiger partial charge is 0.308 e. The number of benzene rings is 3. The summed E-state index contributed by atoms with van der Waals surface area (Å²) >= 11 is 0. The first kappa shape index (κ1) is 47.0. The lowest BCUT2D eigenvalue weighted by molar-refractivity contribution is -0.182. The van der Waals surface area contributed by atoms with Crippen molar-refractivity contribution < 1.29 is 31.8 Å². The SMILES string of the molecule is COC(=O)[C@H](C)Cc1cccc([C@@]2(C)CCCCC(C)(C)c3cn(nn3)Cc3c(c(F)cc4c3ccn4S(=O)(=O)c3ccc(C)cc3)C(OC3CCCCO3)c3ccnc(c3)-c3nc2nn3C)c1. The minimum absolute atomic E-state index is 0.0626. The molecule has 1 fully saturated rings. The molecule has 16 heteroatoms. The number of pyridine rings is 1. The van der Waals surface area contributed by atoms with E-state index >= 15 is 4.39 Å². The lowest BCUT2D eigenvalue weighted by Crippen LogP contribution is -2.26. The molecule has 0 radical (unpaired) electrons. The van der Waals surface area contributed by atoms with Gasteiger partial charge in [-0.15, -0.1) is 5.10 Å². The van der Waals surface area contributed by atoms with E-state index in [4.69, 9.17) is 34.4 Å². The van der Waals surface area contributed by atoms with Crippen LogP contribution >= 0.6 is 0 Å². The third-order valence-corrected chi connectivity index (χ3v) is 15.6. The Labute approximate surface area is 396 Å². The second-order valence-corrected chi connectivity index (χ2v) is 21.2. The normalized spacial score (nSPS) is 20.5. The Kier molecular flexibility index (Phi) is 13.0. The fraction of sp³-hybridized carbons (Fsp3) is 0.423. The largest absolute Gasteiger partial charge is 0.469 e. The van der Waals surface area contributed by atoms with Crippen LogP contribution in [0.25, 0.3) is 22.4 Å². The van der Waals surface area contributed by atoms with E-state index in [9.17, 15) is 13.2 Å². The van der Waals surface area contributed by atoms with Gasteiger partial charge in [-0.05, 0) is 111 Å². The Balaban J connectivity index is 1.22. The van der Waals surface area contributed by atoms with Crippen LogP contribution in [-0.4, -0.2) is 73.1 Å². The van der Waals surface area contributed by atoms with Gasteiger partial charge in [-0.2, -0.15) is 5.10 Å². The van der Waals surface area contributed by atoms with Crippen molar-refractivity contribution in [3.05, 3.63) is 142 Å². The number of esters is 1. The average Bonchev–Trinajstić information content (AvgIpc) is 4.09. The molecule has 0 N–H and O–H groups in total. The molecule has 0 saturated carbocycles. The number of rotatable bonds is 8. The first-order chi connectivity index (χ1) is 32.5. The summed E-state index contributed by atoms with van der Waals surface area (Å²) in [5.41, 5.74) is 4.68. The van der Waals surface area contributed by atoms with Crippen LogP contribution in [0.4, 0.5) is 4.39 Å². The van der Waals surface area contributed by atoms with Crippen LogP contribution in [0.2, 0.25) is 0 Å². The number of hydrogen-bond donors (Lipinski definition) is 0. The van der Waals surface area contributed by atoms with Crippen molar-refractivity contribution in [2.45, 2.75) is 121 Å². The van der Waals surface area contributed by atoms with Crippen molar-refractivity contribution in [2.24, 2.45) is 13.0 Å². The van der Waals surface area contributed by atoms with E-state index in [1.807, 2.05) is 45.3 Å². The number of aryl methyl sites for hydroxylation is 2. The summed E-state index contributed by atoms with van der Waals surface area (Å²) in [6, 6.07) is 21.6. The van der Waals surface area contributed by atoms with E-state index in [-0.39, 0.29) is 34.4 Å². The maximum atomic E-state index is 17.7. The van der Waals surface area contributed by atoms with Gasteiger partial charge in [0.15, 0.2) is 17.9 Å². The van der Waals surface area contributed by atoms with Crippen molar-refractivity contribution in [3.8, 4) is 11.5 Å². The van der Waals surface area contributed by atoms with Crippen molar-refractivity contribution in [2.75, 3.05) is 13.7 Å². The predicted molar refractivity (Wildman–Crippen MR) is 255 cm³/mol. The molecule has 9 rings (SSSR count). The second-order valence-electron chi connectivity index (χ2n) is 19.3. The van der Waals surface area contributed by atoms with E-state index in [2.05, 4.69) is 38.1 Å². The lowest BCUT2D eigenvalue weighted by atomic mass is 9.75. The third-order valence-electron chi connectivity index (χ3n) is 13.9. The number of carbonyl (C=O) groups excluding carboxylic acids is 1. The van der Waals surface area contributed by atoms with Gasteiger partial charge in [0.25, 0.3) is 10.0 Å². The highest BCUT2D eigenvalue weighted by atomic mass is 32.2. The molecule has 0 aliphatic carbocycles. The fourth-order valence-corrected chi connectivity index (χ4v) is 11.1. The topological polar surface area (TPSA) is 158 Å². The van der Waals surface area contributed by atoms with Gasteiger partial charge >= 0.3 is 5.97 Å². The standard InChI is InChI=1S/C52H59FN8O6S/c1-33-16-18-38(19-17-33)68(63,64)61-25-21-39-40-31-60-32-44(56-58-60)51(3,4)22-9-10-23-52(5,37-14-12-13-35(28-37)27-34(2)49(62)65-7)50-55-48(59(6)57-50)42-29-36(20-24-54-42)47(46(40)41(53)30-43(39)61)67-45-15-8-11-26-66-45/h12-14,16-21,24-25,28-30,32,34,45,47H,8-11,15,22-23,26-27,31H2,1-7H3/t34-,45?,47?,52-/m1/s1. The molecule has 0 spiro atoms. The maximum Gasteiger partial charge on any atom is 0.308 e. The fourth-order valence-electron chi connectivity index (χ4n) is 9.74. The van der Waals surface area contributed by atoms with Crippen LogP contribution in [-0.2, 0) is 59.9 Å². The van der Waals surface area contributed by atoms with Crippen LogP contribution in [0.3, 0.4) is 0 Å². The summed E-state index contributed by atoms with van der Waals surface area (Å²) in [5, 5.41) is 14.9. The Bertz CT molecular complexity index is 3080. The molecule has 68 heavy (non-hydrogen) atoms. The molecule has 2 unspecified atom stereocenters. The summed E-state index contributed by atoms with van der Waals surface area (Å²) in [7, 11) is -0.867. The molecular formula is C52H59FN8O6S. The zero-order valence-corrected chi connectivity index (χ0v) is 40.6. The Morgan fingerprint density at radius 3 is 2.56 bits per heavy atom. The highest BCUT2D eigenvalue weighted by Gasteiger charge is 2.37. The number of nitrogens with zero attached hydrogens (tertiary/aromatic N) is 8. The van der Waals surface area contributed by atoms with Gasteiger partial charge in [0, 0.05) is 48.6 Å². The number of ether oxygens (including phenoxy) is 3. The average molecular weight is 943 g/mol. The molecule has 4 aromatic heterocycles. The Hall–Kier alpha value is -6.10. The molecule has 6 bridgehead atoms. The number of hydrogen-bond acceptors (Lipinski definition) is 11. The minimum Gasteiger partial charge on any atom is -0.469 e. The van der Waals surface area contributed by atoms with Gasteiger partial charge in [-0.25, -0.2) is 31.1 Å². The predicted octanol–water partition coefficient (Wildman–Crippen LogP) is 9.30. The molecule has 6 heterocycles. The number of halogens is 1. The number of carbonyl (C=O) groups is 1. The summed E-state index contributed by atoms with van der Waals surface area (Å²) < 4.78 is 68.9. The maximum absolute atomic E-state index is 17.7. The lowest BCUT2D eigenvalue weighted by Gasteiger charge is -2.30.